The summed E-state index contributed by atoms with van der Waals surface area (Å²) in [5.74, 6) is -0.710. The van der Waals surface area contributed by atoms with Gasteiger partial charge in [0.15, 0.2) is 0 Å². The van der Waals surface area contributed by atoms with Gasteiger partial charge in [-0.3, -0.25) is 9.59 Å². The number of hydrogen-bond donors (Lipinski definition) is 1. The fourth-order valence-electron chi connectivity index (χ4n) is 1.59. The van der Waals surface area contributed by atoms with E-state index < -0.39 is 5.97 Å². The van der Waals surface area contributed by atoms with Crippen LogP contribution in [-0.4, -0.2) is 36.5 Å². The molecule has 0 unspecified atom stereocenters. The second-order valence-electron chi connectivity index (χ2n) is 4.38. The lowest BCUT2D eigenvalue weighted by molar-refractivity contribution is -0.141. The van der Waals surface area contributed by atoms with Crippen molar-refractivity contribution in [3.05, 3.63) is 28.2 Å². The van der Waals surface area contributed by atoms with Crippen LogP contribution in [0.1, 0.15) is 24.2 Å². The minimum absolute atomic E-state index is 0.0839. The van der Waals surface area contributed by atoms with Gasteiger partial charge in [-0.15, -0.1) is 0 Å². The largest absolute Gasteiger partial charge is 0.468 e. The fraction of sp³-hybridized carbons (Fsp3) is 0.385. The highest BCUT2D eigenvalue weighted by atomic mass is 79.9. The molecule has 2 N–H and O–H groups in total. The predicted octanol–water partition coefficient (Wildman–Crippen LogP) is 2.05. The number of carbonyl (C=O) groups excluding carboxylic acids is 2. The highest BCUT2D eigenvalue weighted by Gasteiger charge is 2.22. The number of esters is 1. The van der Waals surface area contributed by atoms with E-state index in [4.69, 9.17) is 5.73 Å². The van der Waals surface area contributed by atoms with Crippen LogP contribution in [0.25, 0.3) is 0 Å². The minimum Gasteiger partial charge on any atom is -0.468 e. The molecule has 1 amide bonds. The average molecular weight is 329 g/mol. The summed E-state index contributed by atoms with van der Waals surface area (Å²) in [4.78, 5) is 25.2. The molecule has 0 aliphatic rings. The van der Waals surface area contributed by atoms with Crippen LogP contribution in [0.5, 0.6) is 0 Å². The first kappa shape index (κ1) is 15.5. The first-order chi connectivity index (χ1) is 8.85. The van der Waals surface area contributed by atoms with E-state index in [0.717, 1.165) is 4.47 Å². The third kappa shape index (κ3) is 4.24. The maximum absolute atomic E-state index is 12.4. The molecule has 0 bridgehead atoms. The lowest BCUT2D eigenvalue weighted by atomic mass is 10.1. The molecular formula is C13H17BrN2O3. The number of halogens is 1. The van der Waals surface area contributed by atoms with Gasteiger partial charge in [0.2, 0.25) is 0 Å². The Balaban J connectivity index is 3.02. The number of methoxy groups -OCH3 is 1. The molecule has 0 heterocycles. The van der Waals surface area contributed by atoms with Crippen LogP contribution in [0.15, 0.2) is 22.7 Å². The summed E-state index contributed by atoms with van der Waals surface area (Å²) in [5, 5.41) is 0. The number of nitrogen functional groups attached to an aromatic ring is 1. The van der Waals surface area contributed by atoms with Gasteiger partial charge in [0, 0.05) is 21.8 Å². The van der Waals surface area contributed by atoms with Crippen molar-refractivity contribution in [1.82, 2.24) is 4.90 Å². The summed E-state index contributed by atoms with van der Waals surface area (Å²) in [6, 6.07) is 4.84. The number of hydrogen-bond acceptors (Lipinski definition) is 4. The minimum atomic E-state index is -0.454. The molecule has 6 heteroatoms. The second kappa shape index (κ2) is 6.56. The van der Waals surface area contributed by atoms with Gasteiger partial charge in [-0.25, -0.2) is 0 Å². The number of rotatable bonds is 4. The van der Waals surface area contributed by atoms with Gasteiger partial charge in [-0.05, 0) is 32.0 Å². The number of amides is 1. The normalized spacial score (nSPS) is 10.4. The van der Waals surface area contributed by atoms with Crippen LogP contribution in [0.4, 0.5) is 5.69 Å². The lowest BCUT2D eigenvalue weighted by Gasteiger charge is -2.25. The van der Waals surface area contributed by atoms with E-state index in [1.807, 2.05) is 13.8 Å². The van der Waals surface area contributed by atoms with Gasteiger partial charge in [-0.2, -0.15) is 0 Å². The topological polar surface area (TPSA) is 72.6 Å². The van der Waals surface area contributed by atoms with Gasteiger partial charge in [0.05, 0.1) is 7.11 Å². The van der Waals surface area contributed by atoms with Crippen LogP contribution >= 0.6 is 15.9 Å². The molecular weight excluding hydrogens is 312 g/mol. The Hall–Kier alpha value is -1.56. The number of carbonyl (C=O) groups is 2. The zero-order valence-electron chi connectivity index (χ0n) is 11.1. The Morgan fingerprint density at radius 1 is 1.37 bits per heavy atom. The summed E-state index contributed by atoms with van der Waals surface area (Å²) in [5.41, 5.74) is 6.63. The first-order valence-corrected chi connectivity index (χ1v) is 6.58. The molecule has 0 aliphatic carbocycles. The van der Waals surface area contributed by atoms with Gasteiger partial charge < -0.3 is 15.4 Å². The Kier molecular flexibility index (Phi) is 5.35. The molecule has 0 aliphatic heterocycles. The fourth-order valence-corrected chi connectivity index (χ4v) is 2.11. The quantitative estimate of drug-likeness (QED) is 0.678. The summed E-state index contributed by atoms with van der Waals surface area (Å²) >= 11 is 3.29. The summed E-state index contributed by atoms with van der Waals surface area (Å²) in [6.45, 7) is 3.59. The molecule has 1 aromatic carbocycles. The maximum Gasteiger partial charge on any atom is 0.325 e. The van der Waals surface area contributed by atoms with Crippen molar-refractivity contribution in [2.75, 3.05) is 19.4 Å². The van der Waals surface area contributed by atoms with E-state index in [9.17, 15) is 9.59 Å². The van der Waals surface area contributed by atoms with E-state index >= 15 is 0 Å². The van der Waals surface area contributed by atoms with E-state index in [2.05, 4.69) is 20.7 Å². The van der Waals surface area contributed by atoms with Crippen LogP contribution in [0.2, 0.25) is 0 Å². The molecule has 0 saturated heterocycles. The van der Waals surface area contributed by atoms with Crippen LogP contribution in [0, 0.1) is 0 Å². The zero-order chi connectivity index (χ0) is 14.6. The first-order valence-electron chi connectivity index (χ1n) is 5.79. The van der Waals surface area contributed by atoms with Gasteiger partial charge >= 0.3 is 5.97 Å². The highest BCUT2D eigenvalue weighted by Crippen LogP contribution is 2.19. The third-order valence-electron chi connectivity index (χ3n) is 2.58. The predicted molar refractivity (Wildman–Crippen MR) is 76.7 cm³/mol. The van der Waals surface area contributed by atoms with Crippen LogP contribution < -0.4 is 5.73 Å². The molecule has 1 rings (SSSR count). The van der Waals surface area contributed by atoms with Crippen LogP contribution in [-0.2, 0) is 9.53 Å². The average Bonchev–Trinajstić information content (AvgIpc) is 2.33. The maximum atomic E-state index is 12.4. The molecule has 0 fully saturated rings. The standard InChI is InChI=1S/C13H17BrN2O3/c1-8(2)16(7-12(17)19-3)13(18)9-4-10(14)6-11(15)5-9/h4-6,8H,7,15H2,1-3H3. The number of benzene rings is 1. The number of anilines is 1. The van der Waals surface area contributed by atoms with Crippen molar-refractivity contribution >= 4 is 33.5 Å². The molecule has 0 radical (unpaired) electrons. The van der Waals surface area contributed by atoms with Crippen molar-refractivity contribution in [3.63, 3.8) is 0 Å². The highest BCUT2D eigenvalue weighted by molar-refractivity contribution is 9.10. The monoisotopic (exact) mass is 328 g/mol. The lowest BCUT2D eigenvalue weighted by Crippen LogP contribution is -2.41. The second-order valence-corrected chi connectivity index (χ2v) is 5.29. The van der Waals surface area contributed by atoms with Crippen LogP contribution in [0.3, 0.4) is 0 Å². The molecule has 104 valence electrons. The molecule has 19 heavy (non-hydrogen) atoms. The van der Waals surface area contributed by atoms with Crippen molar-refractivity contribution < 1.29 is 14.3 Å². The molecule has 0 saturated carbocycles. The van der Waals surface area contributed by atoms with Gasteiger partial charge in [0.25, 0.3) is 5.91 Å². The Morgan fingerprint density at radius 2 is 2.00 bits per heavy atom. The molecule has 5 nitrogen and oxygen atoms in total. The van der Waals surface area contributed by atoms with E-state index in [0.29, 0.717) is 11.3 Å². The number of nitrogens with zero attached hydrogens (tertiary/aromatic N) is 1. The summed E-state index contributed by atoms with van der Waals surface area (Å²) in [6.07, 6.45) is 0. The molecule has 0 aromatic heterocycles. The Bertz CT molecular complexity index is 469. The van der Waals surface area contributed by atoms with E-state index in [1.165, 1.54) is 12.0 Å². The van der Waals surface area contributed by atoms with Gasteiger partial charge in [0.1, 0.15) is 6.54 Å². The summed E-state index contributed by atoms with van der Waals surface area (Å²) < 4.78 is 5.32. The smallest absolute Gasteiger partial charge is 0.325 e. The summed E-state index contributed by atoms with van der Waals surface area (Å²) in [7, 11) is 1.29. The SMILES string of the molecule is COC(=O)CN(C(=O)c1cc(N)cc(Br)c1)C(C)C. The Labute approximate surface area is 120 Å². The third-order valence-corrected chi connectivity index (χ3v) is 3.04. The van der Waals surface area contributed by atoms with Crippen molar-refractivity contribution in [1.29, 1.82) is 0 Å². The number of nitrogens with two attached hydrogens (primary N) is 1. The molecule has 1 aromatic rings. The van der Waals surface area contributed by atoms with Crippen molar-refractivity contribution in [3.8, 4) is 0 Å². The molecule has 0 atom stereocenters. The van der Waals surface area contributed by atoms with E-state index in [1.54, 1.807) is 18.2 Å². The molecule has 0 spiro atoms. The number of ether oxygens (including phenoxy) is 1. The van der Waals surface area contributed by atoms with Crippen molar-refractivity contribution in [2.45, 2.75) is 19.9 Å². The Morgan fingerprint density at radius 3 is 2.47 bits per heavy atom. The van der Waals surface area contributed by atoms with Crippen molar-refractivity contribution in [2.24, 2.45) is 0 Å². The van der Waals surface area contributed by atoms with E-state index in [-0.39, 0.29) is 18.5 Å². The zero-order valence-corrected chi connectivity index (χ0v) is 12.7. The van der Waals surface area contributed by atoms with Gasteiger partial charge in [-0.1, -0.05) is 15.9 Å².